The summed E-state index contributed by atoms with van der Waals surface area (Å²) < 4.78 is 43.8. The summed E-state index contributed by atoms with van der Waals surface area (Å²) in [5.41, 5.74) is 0.827. The molecule has 2 N–H and O–H groups in total. The fourth-order valence-corrected chi connectivity index (χ4v) is 3.92. The van der Waals surface area contributed by atoms with Gasteiger partial charge in [0, 0.05) is 13.1 Å². The molecule has 0 fully saturated rings. The number of carbonyl (C=O) groups excluding carboxylic acids is 1. The highest BCUT2D eigenvalue weighted by molar-refractivity contribution is 7.89. The van der Waals surface area contributed by atoms with E-state index < -0.39 is 22.0 Å². The monoisotopic (exact) mass is 408 g/mol. The molecule has 9 heteroatoms. The summed E-state index contributed by atoms with van der Waals surface area (Å²) >= 11 is 0. The summed E-state index contributed by atoms with van der Waals surface area (Å²) in [6.45, 7) is 1.71. The van der Waals surface area contributed by atoms with Crippen LogP contribution in [0, 0.1) is 0 Å². The second-order valence-electron chi connectivity index (χ2n) is 5.90. The highest BCUT2D eigenvalue weighted by atomic mass is 32.2. The van der Waals surface area contributed by atoms with Crippen LogP contribution in [0.15, 0.2) is 41.3 Å². The number of ether oxygens (including phenoxy) is 3. The zero-order valence-corrected chi connectivity index (χ0v) is 17.2. The predicted octanol–water partition coefficient (Wildman–Crippen LogP) is 2.11. The van der Waals surface area contributed by atoms with Crippen molar-refractivity contribution in [1.82, 2.24) is 10.0 Å². The molecule has 0 aliphatic carbocycles. The Morgan fingerprint density at radius 3 is 2.11 bits per heavy atom. The molecule has 0 radical (unpaired) electrons. The van der Waals surface area contributed by atoms with Crippen LogP contribution >= 0.6 is 0 Å². The lowest BCUT2D eigenvalue weighted by atomic mass is 10.1. The van der Waals surface area contributed by atoms with Gasteiger partial charge in [0.05, 0.1) is 31.8 Å². The molecular weight excluding hydrogens is 384 g/mol. The van der Waals surface area contributed by atoms with E-state index in [0.29, 0.717) is 17.1 Å². The second kappa shape index (κ2) is 8.94. The number of hydrogen-bond donors (Lipinski definition) is 2. The maximum Gasteiger partial charge on any atom is 0.254 e. The van der Waals surface area contributed by atoms with Crippen LogP contribution in [0.4, 0.5) is 0 Å². The van der Waals surface area contributed by atoms with Crippen LogP contribution in [0.1, 0.15) is 28.9 Å². The molecule has 8 nitrogen and oxygen atoms in total. The fraction of sp³-hybridized carbons (Fsp3) is 0.316. The number of methoxy groups -OCH3 is 3. The Hall–Kier alpha value is -2.78. The smallest absolute Gasteiger partial charge is 0.254 e. The van der Waals surface area contributed by atoms with Crippen molar-refractivity contribution in [3.8, 4) is 17.2 Å². The zero-order chi connectivity index (χ0) is 20.9. The molecule has 28 heavy (non-hydrogen) atoms. The molecule has 0 bridgehead atoms. The first-order valence-electron chi connectivity index (χ1n) is 8.41. The summed E-state index contributed by atoms with van der Waals surface area (Å²) in [6, 6.07) is 8.72. The Morgan fingerprint density at radius 2 is 1.54 bits per heavy atom. The maximum atomic E-state index is 12.8. The van der Waals surface area contributed by atoms with Gasteiger partial charge >= 0.3 is 0 Å². The minimum atomic E-state index is -3.89. The van der Waals surface area contributed by atoms with Crippen molar-refractivity contribution in [2.24, 2.45) is 0 Å². The molecule has 2 rings (SSSR count). The Bertz CT molecular complexity index is 959. The Morgan fingerprint density at radius 1 is 0.929 bits per heavy atom. The Kier molecular flexibility index (Phi) is 6.87. The molecule has 1 atom stereocenters. The number of benzene rings is 2. The van der Waals surface area contributed by atoms with Crippen LogP contribution in [0.5, 0.6) is 17.2 Å². The third kappa shape index (κ3) is 4.55. The molecule has 0 aliphatic heterocycles. The highest BCUT2D eigenvalue weighted by Crippen LogP contribution is 2.30. The molecule has 0 aromatic heterocycles. The first-order valence-corrected chi connectivity index (χ1v) is 9.90. The molecule has 0 saturated heterocycles. The van der Waals surface area contributed by atoms with Gasteiger partial charge in [-0.25, -0.2) is 13.1 Å². The van der Waals surface area contributed by atoms with Crippen LogP contribution in [0.25, 0.3) is 0 Å². The minimum absolute atomic E-state index is 0.0424. The highest BCUT2D eigenvalue weighted by Gasteiger charge is 2.22. The van der Waals surface area contributed by atoms with E-state index in [-0.39, 0.29) is 16.2 Å². The van der Waals surface area contributed by atoms with E-state index in [9.17, 15) is 13.2 Å². The molecule has 0 heterocycles. The van der Waals surface area contributed by atoms with E-state index in [0.717, 1.165) is 0 Å². The molecule has 152 valence electrons. The van der Waals surface area contributed by atoms with Crippen molar-refractivity contribution < 1.29 is 27.4 Å². The van der Waals surface area contributed by atoms with Gasteiger partial charge in [0.15, 0.2) is 11.5 Å². The topological polar surface area (TPSA) is 103 Å². The van der Waals surface area contributed by atoms with Gasteiger partial charge in [-0.1, -0.05) is 6.07 Å². The van der Waals surface area contributed by atoms with Crippen LogP contribution in [-0.4, -0.2) is 42.7 Å². The van der Waals surface area contributed by atoms with Gasteiger partial charge in [0.25, 0.3) is 5.91 Å². The summed E-state index contributed by atoms with van der Waals surface area (Å²) in [6.07, 6.45) is 0. The molecule has 0 saturated carbocycles. The molecule has 0 unspecified atom stereocenters. The third-order valence-electron chi connectivity index (χ3n) is 4.19. The zero-order valence-electron chi connectivity index (χ0n) is 16.4. The van der Waals surface area contributed by atoms with E-state index in [2.05, 4.69) is 10.0 Å². The lowest BCUT2D eigenvalue weighted by molar-refractivity contribution is 0.0960. The van der Waals surface area contributed by atoms with E-state index in [4.69, 9.17) is 14.2 Å². The quantitative estimate of drug-likeness (QED) is 0.694. The van der Waals surface area contributed by atoms with Gasteiger partial charge in [0.2, 0.25) is 10.0 Å². The minimum Gasteiger partial charge on any atom is -0.496 e. The van der Waals surface area contributed by atoms with Crippen molar-refractivity contribution in [1.29, 1.82) is 0 Å². The summed E-state index contributed by atoms with van der Waals surface area (Å²) in [7, 11) is 2.01. The average molecular weight is 408 g/mol. The van der Waals surface area contributed by atoms with Crippen molar-refractivity contribution >= 4 is 15.9 Å². The van der Waals surface area contributed by atoms with Crippen LogP contribution in [0.3, 0.4) is 0 Å². The fourth-order valence-electron chi connectivity index (χ4n) is 2.66. The SMILES string of the molecule is CNC(=O)c1cc(S(=O)(=O)N[C@@H](C)c2ccc(OC)c(OC)c2)ccc1OC. The maximum absolute atomic E-state index is 12.8. The molecule has 1 amide bonds. The van der Waals surface area contributed by atoms with E-state index >= 15 is 0 Å². The first kappa shape index (κ1) is 21.5. The Balaban J connectivity index is 2.34. The lowest BCUT2D eigenvalue weighted by Crippen LogP contribution is -2.27. The third-order valence-corrected chi connectivity index (χ3v) is 5.73. The first-order chi connectivity index (χ1) is 13.3. The summed E-state index contributed by atoms with van der Waals surface area (Å²) in [5, 5.41) is 2.46. The van der Waals surface area contributed by atoms with E-state index in [1.807, 2.05) is 0 Å². The van der Waals surface area contributed by atoms with Gasteiger partial charge in [-0.2, -0.15) is 0 Å². The number of nitrogens with one attached hydrogen (secondary N) is 2. The normalized spacial score (nSPS) is 12.2. The molecule has 2 aromatic carbocycles. The van der Waals surface area contributed by atoms with Crippen LogP contribution < -0.4 is 24.2 Å². The van der Waals surface area contributed by atoms with Crippen molar-refractivity contribution in [2.75, 3.05) is 28.4 Å². The molecule has 0 spiro atoms. The standard InChI is InChI=1S/C19H24N2O6S/c1-12(13-6-8-17(26-4)18(10-13)27-5)21-28(23,24)14-7-9-16(25-3)15(11-14)19(22)20-2/h6-12,21H,1-5H3,(H,20,22)/t12-/m0/s1. The summed E-state index contributed by atoms with van der Waals surface area (Å²) in [5.74, 6) is 0.886. The number of amides is 1. The van der Waals surface area contributed by atoms with Gasteiger partial charge in [0.1, 0.15) is 5.75 Å². The Labute approximate surface area is 164 Å². The molecular formula is C19H24N2O6S. The predicted molar refractivity (Wildman–Crippen MR) is 105 cm³/mol. The lowest BCUT2D eigenvalue weighted by Gasteiger charge is -2.17. The average Bonchev–Trinajstić information content (AvgIpc) is 2.71. The number of hydrogen-bond acceptors (Lipinski definition) is 6. The van der Waals surface area contributed by atoms with Crippen molar-refractivity contribution in [3.63, 3.8) is 0 Å². The van der Waals surface area contributed by atoms with Gasteiger partial charge in [-0.3, -0.25) is 4.79 Å². The largest absolute Gasteiger partial charge is 0.496 e. The van der Waals surface area contributed by atoms with Crippen molar-refractivity contribution in [2.45, 2.75) is 17.9 Å². The van der Waals surface area contributed by atoms with Crippen LogP contribution in [0.2, 0.25) is 0 Å². The summed E-state index contributed by atoms with van der Waals surface area (Å²) in [4.78, 5) is 12.0. The van der Waals surface area contributed by atoms with Crippen LogP contribution in [-0.2, 0) is 10.0 Å². The molecule has 2 aromatic rings. The number of sulfonamides is 1. The number of carbonyl (C=O) groups is 1. The van der Waals surface area contributed by atoms with E-state index in [1.54, 1.807) is 25.1 Å². The second-order valence-corrected chi connectivity index (χ2v) is 7.61. The van der Waals surface area contributed by atoms with Gasteiger partial charge < -0.3 is 19.5 Å². The van der Waals surface area contributed by atoms with Gasteiger partial charge in [-0.05, 0) is 42.8 Å². The van der Waals surface area contributed by atoms with Gasteiger partial charge in [-0.15, -0.1) is 0 Å². The van der Waals surface area contributed by atoms with Crippen molar-refractivity contribution in [3.05, 3.63) is 47.5 Å². The van der Waals surface area contributed by atoms with E-state index in [1.165, 1.54) is 46.6 Å². The molecule has 0 aliphatic rings. The number of rotatable bonds is 8.